The number of benzene rings is 1. The van der Waals surface area contributed by atoms with Gasteiger partial charge < -0.3 is 10.1 Å². The van der Waals surface area contributed by atoms with Crippen LogP contribution in [0, 0.1) is 18.3 Å². The van der Waals surface area contributed by atoms with E-state index in [9.17, 15) is 4.79 Å². The highest BCUT2D eigenvalue weighted by Crippen LogP contribution is 2.23. The SMILES string of the molecule is Cc1cc(Cl)ccc1OCCCC(=O)Nc1sccc1C#N. The van der Waals surface area contributed by atoms with Crippen molar-refractivity contribution in [1.82, 2.24) is 0 Å². The normalized spacial score (nSPS) is 10.0. The highest BCUT2D eigenvalue weighted by Gasteiger charge is 2.08. The van der Waals surface area contributed by atoms with Crippen LogP contribution in [0.1, 0.15) is 24.0 Å². The third kappa shape index (κ3) is 4.48. The molecular formula is C16H15ClN2O2S. The maximum Gasteiger partial charge on any atom is 0.225 e. The highest BCUT2D eigenvalue weighted by molar-refractivity contribution is 7.14. The van der Waals surface area contributed by atoms with Gasteiger partial charge in [-0.3, -0.25) is 4.79 Å². The molecule has 1 aromatic carbocycles. The standard InChI is InChI=1S/C16H15ClN2O2S/c1-11-9-13(17)4-5-14(11)21-7-2-3-15(20)19-16-12(10-18)6-8-22-16/h4-6,8-9H,2-3,7H2,1H3,(H,19,20). The predicted octanol–water partition coefficient (Wildman–Crippen LogP) is 4.38. The van der Waals surface area contributed by atoms with Gasteiger partial charge in [0, 0.05) is 11.4 Å². The van der Waals surface area contributed by atoms with E-state index in [0.717, 1.165) is 11.3 Å². The summed E-state index contributed by atoms with van der Waals surface area (Å²) in [7, 11) is 0. The van der Waals surface area contributed by atoms with Crippen LogP contribution < -0.4 is 10.1 Å². The number of nitriles is 1. The lowest BCUT2D eigenvalue weighted by molar-refractivity contribution is -0.116. The van der Waals surface area contributed by atoms with Gasteiger partial charge in [-0.15, -0.1) is 11.3 Å². The molecule has 0 bridgehead atoms. The highest BCUT2D eigenvalue weighted by atomic mass is 35.5. The largest absolute Gasteiger partial charge is 0.493 e. The molecule has 0 unspecified atom stereocenters. The Kier molecular flexibility index (Phi) is 5.82. The van der Waals surface area contributed by atoms with Crippen molar-refractivity contribution < 1.29 is 9.53 Å². The maximum atomic E-state index is 11.8. The number of thiophene rings is 1. The van der Waals surface area contributed by atoms with Gasteiger partial charge in [0.1, 0.15) is 16.8 Å². The van der Waals surface area contributed by atoms with E-state index in [2.05, 4.69) is 5.32 Å². The van der Waals surface area contributed by atoms with Crippen LogP contribution in [-0.4, -0.2) is 12.5 Å². The summed E-state index contributed by atoms with van der Waals surface area (Å²) < 4.78 is 5.63. The molecule has 114 valence electrons. The van der Waals surface area contributed by atoms with Gasteiger partial charge in [-0.05, 0) is 48.6 Å². The molecule has 1 heterocycles. The van der Waals surface area contributed by atoms with Crippen LogP contribution in [0.2, 0.25) is 5.02 Å². The number of halogens is 1. The first-order chi connectivity index (χ1) is 10.6. The van der Waals surface area contributed by atoms with Crippen LogP contribution in [0.25, 0.3) is 0 Å². The average molecular weight is 335 g/mol. The summed E-state index contributed by atoms with van der Waals surface area (Å²) in [5.74, 6) is 0.658. The molecule has 0 spiro atoms. The Morgan fingerprint density at radius 1 is 1.45 bits per heavy atom. The molecule has 6 heteroatoms. The number of nitrogens with zero attached hydrogens (tertiary/aromatic N) is 1. The summed E-state index contributed by atoms with van der Waals surface area (Å²) in [6.45, 7) is 2.37. The fraction of sp³-hybridized carbons (Fsp3) is 0.250. The number of aryl methyl sites for hydroxylation is 1. The quantitative estimate of drug-likeness (QED) is 0.797. The van der Waals surface area contributed by atoms with Gasteiger partial charge in [0.05, 0.1) is 12.2 Å². The molecule has 4 nitrogen and oxygen atoms in total. The Labute approximate surface area is 138 Å². The number of nitrogens with one attached hydrogen (secondary N) is 1. The average Bonchev–Trinajstić information content (AvgIpc) is 2.92. The first-order valence-electron chi connectivity index (χ1n) is 6.76. The van der Waals surface area contributed by atoms with E-state index < -0.39 is 0 Å². The molecular weight excluding hydrogens is 320 g/mol. The molecule has 0 aliphatic rings. The number of anilines is 1. The zero-order chi connectivity index (χ0) is 15.9. The first-order valence-corrected chi connectivity index (χ1v) is 8.02. The molecule has 0 atom stereocenters. The van der Waals surface area contributed by atoms with Crippen molar-refractivity contribution >= 4 is 33.8 Å². The smallest absolute Gasteiger partial charge is 0.225 e. The summed E-state index contributed by atoms with van der Waals surface area (Å²) in [4.78, 5) is 11.8. The van der Waals surface area contributed by atoms with Gasteiger partial charge in [0.15, 0.2) is 0 Å². The molecule has 0 saturated carbocycles. The number of ether oxygens (including phenoxy) is 1. The van der Waals surface area contributed by atoms with Crippen molar-refractivity contribution in [2.45, 2.75) is 19.8 Å². The van der Waals surface area contributed by atoms with Crippen molar-refractivity contribution in [3.63, 3.8) is 0 Å². The number of amides is 1. The number of hydrogen-bond donors (Lipinski definition) is 1. The zero-order valence-corrected chi connectivity index (χ0v) is 13.6. The second-order valence-corrected chi connectivity index (χ2v) is 6.04. The van der Waals surface area contributed by atoms with Crippen LogP contribution in [0.15, 0.2) is 29.6 Å². The van der Waals surface area contributed by atoms with Crippen LogP contribution in [0.5, 0.6) is 5.75 Å². The monoisotopic (exact) mass is 334 g/mol. The molecule has 2 aromatic rings. The first kappa shape index (κ1) is 16.3. The summed E-state index contributed by atoms with van der Waals surface area (Å²) in [5.41, 5.74) is 1.46. The van der Waals surface area contributed by atoms with Crippen molar-refractivity contribution in [3.05, 3.63) is 45.8 Å². The Balaban J connectivity index is 1.74. The Bertz CT molecular complexity index is 706. The fourth-order valence-corrected chi connectivity index (χ4v) is 2.85. The maximum absolute atomic E-state index is 11.8. The minimum absolute atomic E-state index is 0.115. The van der Waals surface area contributed by atoms with E-state index in [1.165, 1.54) is 11.3 Å². The number of carbonyl (C=O) groups is 1. The van der Waals surface area contributed by atoms with Crippen LogP contribution in [0.3, 0.4) is 0 Å². The lowest BCUT2D eigenvalue weighted by Gasteiger charge is -2.09. The third-order valence-electron chi connectivity index (χ3n) is 2.98. The Hall–Kier alpha value is -2.03. The molecule has 0 radical (unpaired) electrons. The lowest BCUT2D eigenvalue weighted by atomic mass is 10.2. The number of rotatable bonds is 6. The van der Waals surface area contributed by atoms with Crippen molar-refractivity contribution in [2.24, 2.45) is 0 Å². The number of hydrogen-bond acceptors (Lipinski definition) is 4. The molecule has 0 aliphatic carbocycles. The summed E-state index contributed by atoms with van der Waals surface area (Å²) in [6.07, 6.45) is 0.941. The van der Waals surface area contributed by atoms with E-state index in [1.54, 1.807) is 17.5 Å². The van der Waals surface area contributed by atoms with E-state index in [1.807, 2.05) is 25.1 Å². The Morgan fingerprint density at radius 3 is 3.00 bits per heavy atom. The van der Waals surface area contributed by atoms with Gasteiger partial charge in [-0.2, -0.15) is 5.26 Å². The molecule has 0 saturated heterocycles. The molecule has 1 N–H and O–H groups in total. The lowest BCUT2D eigenvalue weighted by Crippen LogP contribution is -2.12. The second-order valence-electron chi connectivity index (χ2n) is 4.69. The van der Waals surface area contributed by atoms with Gasteiger partial charge >= 0.3 is 0 Å². The van der Waals surface area contributed by atoms with Gasteiger partial charge in [-0.25, -0.2) is 0 Å². The van der Waals surface area contributed by atoms with Gasteiger partial charge in [0.25, 0.3) is 0 Å². The van der Waals surface area contributed by atoms with Crippen molar-refractivity contribution in [2.75, 3.05) is 11.9 Å². The van der Waals surface area contributed by atoms with Crippen molar-refractivity contribution in [1.29, 1.82) is 5.26 Å². The molecule has 0 fully saturated rings. The topological polar surface area (TPSA) is 62.1 Å². The van der Waals surface area contributed by atoms with Gasteiger partial charge in [0.2, 0.25) is 5.91 Å². The van der Waals surface area contributed by atoms with E-state index in [0.29, 0.717) is 35.0 Å². The Morgan fingerprint density at radius 2 is 2.27 bits per heavy atom. The predicted molar refractivity (Wildman–Crippen MR) is 88.6 cm³/mol. The summed E-state index contributed by atoms with van der Waals surface area (Å²) in [5, 5.41) is 14.7. The molecule has 1 aromatic heterocycles. The molecule has 2 rings (SSSR count). The minimum atomic E-state index is -0.115. The van der Waals surface area contributed by atoms with E-state index >= 15 is 0 Å². The van der Waals surface area contributed by atoms with E-state index in [-0.39, 0.29) is 5.91 Å². The minimum Gasteiger partial charge on any atom is -0.493 e. The van der Waals surface area contributed by atoms with Crippen LogP contribution >= 0.6 is 22.9 Å². The summed E-state index contributed by atoms with van der Waals surface area (Å²) >= 11 is 7.23. The zero-order valence-electron chi connectivity index (χ0n) is 12.1. The third-order valence-corrected chi connectivity index (χ3v) is 4.05. The van der Waals surface area contributed by atoms with Crippen LogP contribution in [-0.2, 0) is 4.79 Å². The van der Waals surface area contributed by atoms with E-state index in [4.69, 9.17) is 21.6 Å². The van der Waals surface area contributed by atoms with Gasteiger partial charge in [-0.1, -0.05) is 11.6 Å². The summed E-state index contributed by atoms with van der Waals surface area (Å²) in [6, 6.07) is 9.16. The molecule has 0 aliphatic heterocycles. The molecule has 22 heavy (non-hydrogen) atoms. The van der Waals surface area contributed by atoms with Crippen LogP contribution in [0.4, 0.5) is 5.00 Å². The fourth-order valence-electron chi connectivity index (χ4n) is 1.87. The van der Waals surface area contributed by atoms with Crippen molar-refractivity contribution in [3.8, 4) is 11.8 Å². The molecule has 1 amide bonds. The number of carbonyl (C=O) groups excluding carboxylic acids is 1. The second kappa shape index (κ2) is 7.83.